The van der Waals surface area contributed by atoms with Gasteiger partial charge in [-0.25, -0.2) is 34.5 Å². The highest BCUT2D eigenvalue weighted by atomic mass is 32.7. The largest absolute Gasteiger partial charge is 0.386 e. The smallest absolute Gasteiger partial charge is 0.386 e. The maximum Gasteiger partial charge on any atom is 0.386 e. The van der Waals surface area contributed by atoms with Crippen LogP contribution in [0.4, 0.5) is 11.6 Å². The van der Waals surface area contributed by atoms with E-state index in [0.29, 0.717) is 0 Å². The number of anilines is 2. The summed E-state index contributed by atoms with van der Waals surface area (Å²) in [6.07, 6.45) is -6.41. The van der Waals surface area contributed by atoms with Gasteiger partial charge in [0, 0.05) is 0 Å². The zero-order valence-electron chi connectivity index (χ0n) is 21.3. The molecule has 0 spiro atoms. The van der Waals surface area contributed by atoms with Crippen molar-refractivity contribution in [2.75, 3.05) is 18.1 Å². The van der Waals surface area contributed by atoms with Crippen molar-refractivity contribution in [2.24, 2.45) is 0 Å². The van der Waals surface area contributed by atoms with E-state index in [0.717, 1.165) is 0 Å². The molecule has 0 aliphatic carbocycles. The molecule has 3 saturated heterocycles. The Morgan fingerprint density at radius 3 is 2.02 bits per heavy atom. The summed E-state index contributed by atoms with van der Waals surface area (Å²) < 4.78 is 50.2. The maximum atomic E-state index is 13.3. The van der Waals surface area contributed by atoms with Crippen molar-refractivity contribution in [3.63, 3.8) is 0 Å². The first-order valence-electron chi connectivity index (χ1n) is 12.3. The molecular weight excluding hydrogens is 654 g/mol. The molecule has 230 valence electrons. The number of nitrogen functional groups attached to an aromatic ring is 2. The monoisotopic (exact) mass is 676 g/mol. The molecule has 24 heteroatoms. The Balaban J connectivity index is 1.20. The molecule has 3 aliphatic rings. The summed E-state index contributed by atoms with van der Waals surface area (Å²) in [5.74, 6) is 0.181. The molecule has 0 aromatic carbocycles. The third kappa shape index (κ3) is 5.11. The number of ether oxygens (including phenoxy) is 2. The summed E-state index contributed by atoms with van der Waals surface area (Å²) in [6, 6.07) is 0. The van der Waals surface area contributed by atoms with Gasteiger partial charge in [-0.1, -0.05) is 12.2 Å². The number of fused-ring (bicyclic) bond motifs is 4. The van der Waals surface area contributed by atoms with Crippen LogP contribution in [0.25, 0.3) is 22.3 Å². The van der Waals surface area contributed by atoms with Gasteiger partial charge in [0.25, 0.3) is 0 Å². The van der Waals surface area contributed by atoms with Gasteiger partial charge in [-0.05, 0) is 11.8 Å². The summed E-state index contributed by atoms with van der Waals surface area (Å²) in [4.78, 5) is 35.5. The average Bonchev–Trinajstić information content (AvgIpc) is 3.70. The van der Waals surface area contributed by atoms with E-state index in [1.807, 2.05) is 0 Å². The Bertz CT molecular complexity index is 1810. The molecule has 4 aromatic rings. The SMILES string of the molecule is Nc1ncnc2c1ncn2[C@@H]1O[C@@H]2OP(O)(=S)OC3[C@@H](COP(=O)(S)O[C@@H]2C1O)O[C@@H](n1cnc2c(N)ncnc21)[C@H]3O. The van der Waals surface area contributed by atoms with Crippen LogP contribution in [0.3, 0.4) is 0 Å². The summed E-state index contributed by atoms with van der Waals surface area (Å²) in [7, 11) is 0. The number of thiol groups is 1. The Labute approximate surface area is 250 Å². The van der Waals surface area contributed by atoms with E-state index in [9.17, 15) is 19.7 Å². The van der Waals surface area contributed by atoms with Gasteiger partial charge >= 0.3 is 13.5 Å². The molecule has 7 rings (SSSR count). The predicted octanol–water partition coefficient (Wildman–Crippen LogP) is -0.623. The van der Waals surface area contributed by atoms with Crippen molar-refractivity contribution in [3.05, 3.63) is 25.3 Å². The minimum atomic E-state index is -4.32. The van der Waals surface area contributed by atoms with E-state index in [-0.39, 0.29) is 34.0 Å². The fourth-order valence-corrected chi connectivity index (χ4v) is 8.09. The minimum Gasteiger partial charge on any atom is -0.386 e. The van der Waals surface area contributed by atoms with Crippen LogP contribution in [0.5, 0.6) is 0 Å². The topological polar surface area (TPSA) is 272 Å². The Morgan fingerprint density at radius 2 is 1.42 bits per heavy atom. The molecule has 4 aromatic heterocycles. The molecule has 4 unspecified atom stereocenters. The molecule has 0 amide bonds. The van der Waals surface area contributed by atoms with Gasteiger partial charge in [-0.15, -0.1) is 0 Å². The number of rotatable bonds is 2. The lowest BCUT2D eigenvalue weighted by Gasteiger charge is -2.27. The van der Waals surface area contributed by atoms with E-state index < -0.39 is 69.4 Å². The van der Waals surface area contributed by atoms with E-state index in [2.05, 4.69) is 42.2 Å². The second-order valence-corrected chi connectivity index (χ2v) is 15.2. The lowest BCUT2D eigenvalue weighted by Crippen LogP contribution is -2.36. The summed E-state index contributed by atoms with van der Waals surface area (Å²) in [6.45, 7) is -9.14. The van der Waals surface area contributed by atoms with Crippen molar-refractivity contribution in [3.8, 4) is 0 Å². The molecule has 7 heterocycles. The molecule has 0 bridgehead atoms. The van der Waals surface area contributed by atoms with Crippen LogP contribution >= 0.6 is 25.8 Å². The van der Waals surface area contributed by atoms with E-state index in [4.69, 9.17) is 50.8 Å². The van der Waals surface area contributed by atoms with Gasteiger partial charge in [0.2, 0.25) is 0 Å². The normalized spacial score (nSPS) is 38.6. The van der Waals surface area contributed by atoms with Crippen molar-refractivity contribution in [1.82, 2.24) is 39.0 Å². The van der Waals surface area contributed by atoms with Crippen molar-refractivity contribution < 1.29 is 47.2 Å². The molecule has 0 radical (unpaired) electrons. The summed E-state index contributed by atoms with van der Waals surface area (Å²) in [5, 5.41) is 22.5. The quantitative estimate of drug-likeness (QED) is 0.114. The second kappa shape index (κ2) is 10.6. The molecular formula is C19H22N10O10P2S2. The number of aliphatic hydroxyl groups excluding tert-OH is 2. The maximum absolute atomic E-state index is 13.3. The Kier molecular flexibility index (Phi) is 7.21. The highest BCUT2D eigenvalue weighted by molar-refractivity contribution is 8.44. The summed E-state index contributed by atoms with van der Waals surface area (Å²) in [5.41, 5.74) is 12.6. The molecule has 3 aliphatic heterocycles. The first kappa shape index (κ1) is 29.3. The number of hydrogen-bond donors (Lipinski definition) is 6. The predicted molar refractivity (Wildman–Crippen MR) is 149 cm³/mol. The van der Waals surface area contributed by atoms with Gasteiger partial charge < -0.3 is 36.0 Å². The number of nitrogens with two attached hydrogens (primary N) is 2. The van der Waals surface area contributed by atoms with Crippen LogP contribution in [0.2, 0.25) is 0 Å². The zero-order valence-corrected chi connectivity index (χ0v) is 24.8. The number of imidazole rings is 2. The zero-order chi connectivity index (χ0) is 30.3. The third-order valence-corrected chi connectivity index (χ3v) is 10.1. The van der Waals surface area contributed by atoms with Gasteiger partial charge in [-0.2, -0.15) is 0 Å². The van der Waals surface area contributed by atoms with Gasteiger partial charge in [0.15, 0.2) is 41.7 Å². The number of hydrogen-bond acceptors (Lipinski definition) is 18. The minimum absolute atomic E-state index is 0.0799. The fourth-order valence-electron chi connectivity index (χ4n) is 5.03. The Morgan fingerprint density at radius 1 is 0.860 bits per heavy atom. The fraction of sp³-hybridized carbons (Fsp3) is 0.474. The summed E-state index contributed by atoms with van der Waals surface area (Å²) >= 11 is 9.29. The highest BCUT2D eigenvalue weighted by Gasteiger charge is 2.55. The van der Waals surface area contributed by atoms with Crippen molar-refractivity contribution >= 4 is 71.5 Å². The van der Waals surface area contributed by atoms with Gasteiger partial charge in [0.1, 0.15) is 54.2 Å². The van der Waals surface area contributed by atoms with Crippen LogP contribution in [0.15, 0.2) is 25.3 Å². The average molecular weight is 677 g/mol. The number of nitrogens with zero attached hydrogens (tertiary/aromatic N) is 8. The van der Waals surface area contributed by atoms with Crippen molar-refractivity contribution in [1.29, 1.82) is 0 Å². The first-order valence-corrected chi connectivity index (χ1v) is 17.6. The van der Waals surface area contributed by atoms with Gasteiger partial charge in [0.05, 0.1) is 19.3 Å². The van der Waals surface area contributed by atoms with E-state index >= 15 is 0 Å². The number of aromatic nitrogens is 8. The van der Waals surface area contributed by atoms with Gasteiger partial charge in [-0.3, -0.25) is 27.2 Å². The first-order chi connectivity index (χ1) is 20.4. The van der Waals surface area contributed by atoms with Crippen LogP contribution < -0.4 is 11.5 Å². The molecule has 0 saturated carbocycles. The molecule has 7 N–H and O–H groups in total. The molecule has 3 fully saturated rings. The Hall–Kier alpha value is -2.43. The van der Waals surface area contributed by atoms with Crippen LogP contribution in [-0.2, 0) is 43.9 Å². The van der Waals surface area contributed by atoms with Crippen LogP contribution in [0, 0.1) is 0 Å². The molecule has 10 atom stereocenters. The molecule has 43 heavy (non-hydrogen) atoms. The molecule has 20 nitrogen and oxygen atoms in total. The third-order valence-electron chi connectivity index (χ3n) is 6.95. The second-order valence-electron chi connectivity index (χ2n) is 9.59. The number of aliphatic hydroxyl groups is 2. The standard InChI is InChI=1S/C19H22N10O10P2S2/c20-13-7-15(24-2-22-13)28(4-26-7)17-9(30)11-6(35-17)1-34-40(32,42)38-12-10(31)18(36-19(12)39-41(33,43)37-11)29-5-27-8-14(21)23-3-25-16(8)29/h2-6,9-12,17-19,30-31H,1H2,(H,32,42)(H,33,43)(H2,20,22,24)(H2,21,23,25)/t6-,9+,10?,11?,12-,17-,18-,19-,40?,41?/m1/s1. The highest BCUT2D eigenvalue weighted by Crippen LogP contribution is 2.60. The lowest BCUT2D eigenvalue weighted by atomic mass is 10.1. The van der Waals surface area contributed by atoms with E-state index in [1.54, 1.807) is 0 Å². The van der Waals surface area contributed by atoms with Crippen LogP contribution in [-0.4, -0.2) is 97.6 Å². The van der Waals surface area contributed by atoms with Crippen LogP contribution in [0.1, 0.15) is 12.5 Å². The van der Waals surface area contributed by atoms with E-state index in [1.165, 1.54) is 34.4 Å². The lowest BCUT2D eigenvalue weighted by molar-refractivity contribution is -0.129. The van der Waals surface area contributed by atoms with Crippen molar-refractivity contribution in [2.45, 2.75) is 49.3 Å².